The fourth-order valence-electron chi connectivity index (χ4n) is 2.07. The van der Waals surface area contributed by atoms with Crippen LogP contribution in [-0.4, -0.2) is 16.9 Å². The molecular weight excluding hydrogens is 282 g/mol. The van der Waals surface area contributed by atoms with Gasteiger partial charge in [0.2, 0.25) is 5.91 Å². The Kier molecular flexibility index (Phi) is 6.23. The third-order valence-electron chi connectivity index (χ3n) is 3.35. The van der Waals surface area contributed by atoms with Gasteiger partial charge in [0.05, 0.1) is 11.7 Å². The molecule has 6 heteroatoms. The zero-order valence-corrected chi connectivity index (χ0v) is 13.1. The first kappa shape index (κ1) is 16.4. The lowest BCUT2D eigenvalue weighted by Crippen LogP contribution is -2.39. The summed E-state index contributed by atoms with van der Waals surface area (Å²) < 4.78 is 0. The van der Waals surface area contributed by atoms with Gasteiger partial charge in [0.15, 0.2) is 5.13 Å². The van der Waals surface area contributed by atoms with E-state index in [0.29, 0.717) is 5.13 Å². The fraction of sp³-hybridized carbons (Fsp3) is 0.692. The number of hydrogen-bond donors (Lipinski definition) is 2. The summed E-state index contributed by atoms with van der Waals surface area (Å²) in [5.74, 6) is 0.0108. The zero-order chi connectivity index (χ0) is 13.1. The van der Waals surface area contributed by atoms with Crippen molar-refractivity contribution in [3.8, 4) is 0 Å². The molecule has 0 saturated heterocycles. The number of fused-ring (bicyclic) bond motifs is 1. The molecule has 0 unspecified atom stereocenters. The topological polar surface area (TPSA) is 68.0 Å². The highest BCUT2D eigenvalue weighted by Gasteiger charge is 2.20. The number of carbonyl (C=O) groups is 1. The number of nitrogens with zero attached hydrogens (tertiary/aromatic N) is 1. The van der Waals surface area contributed by atoms with E-state index in [-0.39, 0.29) is 24.2 Å². The molecule has 0 aromatic carbocycles. The van der Waals surface area contributed by atoms with Crippen LogP contribution in [-0.2, 0) is 17.6 Å². The lowest BCUT2D eigenvalue weighted by atomic mass is 10.1. The number of nitrogens with two attached hydrogens (primary N) is 1. The summed E-state index contributed by atoms with van der Waals surface area (Å²) in [4.78, 5) is 17.7. The number of nitrogens with one attached hydrogen (secondary N) is 1. The van der Waals surface area contributed by atoms with Crippen LogP contribution >= 0.6 is 23.7 Å². The molecule has 2 rings (SSSR count). The van der Waals surface area contributed by atoms with E-state index in [1.54, 1.807) is 11.3 Å². The Morgan fingerprint density at radius 1 is 1.32 bits per heavy atom. The summed E-state index contributed by atoms with van der Waals surface area (Å²) in [7, 11) is 0. The van der Waals surface area contributed by atoms with Crippen LogP contribution < -0.4 is 11.1 Å². The van der Waals surface area contributed by atoms with Crippen LogP contribution in [0.5, 0.6) is 0 Å². The predicted molar refractivity (Wildman–Crippen MR) is 82.1 cm³/mol. The number of thiazole rings is 1. The van der Waals surface area contributed by atoms with E-state index in [0.717, 1.165) is 12.8 Å². The maximum Gasteiger partial charge on any atom is 0.243 e. The first-order valence-corrected chi connectivity index (χ1v) is 7.44. The van der Waals surface area contributed by atoms with E-state index in [9.17, 15) is 4.79 Å². The van der Waals surface area contributed by atoms with E-state index in [2.05, 4.69) is 10.3 Å². The van der Waals surface area contributed by atoms with Gasteiger partial charge < -0.3 is 11.1 Å². The standard InChI is InChI=1S/C13H21N3OS.ClH/c1-8(2)11(14)12(17)16-13-15-9-6-4-3-5-7-10(9)18-13;/h8,11H,3-7,14H2,1-2H3,(H,15,16,17);1H/t11-;/m0./s1. The van der Waals surface area contributed by atoms with Crippen molar-refractivity contribution in [3.63, 3.8) is 0 Å². The Morgan fingerprint density at radius 2 is 2.00 bits per heavy atom. The summed E-state index contributed by atoms with van der Waals surface area (Å²) >= 11 is 1.61. The lowest BCUT2D eigenvalue weighted by molar-refractivity contribution is -0.118. The second-order valence-electron chi connectivity index (χ2n) is 5.21. The molecule has 108 valence electrons. The van der Waals surface area contributed by atoms with Crippen LogP contribution in [0.1, 0.15) is 43.7 Å². The molecule has 1 aromatic heterocycles. The number of carbonyl (C=O) groups excluding carboxylic acids is 1. The lowest BCUT2D eigenvalue weighted by Gasteiger charge is -2.13. The Morgan fingerprint density at radius 3 is 2.68 bits per heavy atom. The molecule has 19 heavy (non-hydrogen) atoms. The van der Waals surface area contributed by atoms with Crippen LogP contribution in [0.4, 0.5) is 5.13 Å². The van der Waals surface area contributed by atoms with Crippen LogP contribution in [0.15, 0.2) is 0 Å². The van der Waals surface area contributed by atoms with Gasteiger partial charge in [-0.2, -0.15) is 0 Å². The highest BCUT2D eigenvalue weighted by atomic mass is 35.5. The molecule has 1 aliphatic rings. The number of amides is 1. The Bertz CT molecular complexity index is 410. The molecular formula is C13H22ClN3OS. The second-order valence-corrected chi connectivity index (χ2v) is 6.29. The Hall–Kier alpha value is -0.650. The van der Waals surface area contributed by atoms with Gasteiger partial charge in [0.25, 0.3) is 0 Å². The fourth-order valence-corrected chi connectivity index (χ4v) is 3.13. The van der Waals surface area contributed by atoms with Crippen molar-refractivity contribution in [2.75, 3.05) is 5.32 Å². The van der Waals surface area contributed by atoms with Crippen LogP contribution in [0.25, 0.3) is 0 Å². The number of rotatable bonds is 3. The quantitative estimate of drug-likeness (QED) is 0.844. The van der Waals surface area contributed by atoms with E-state index >= 15 is 0 Å². The van der Waals surface area contributed by atoms with Crippen LogP contribution in [0.3, 0.4) is 0 Å². The molecule has 0 saturated carbocycles. The van der Waals surface area contributed by atoms with Gasteiger partial charge in [0.1, 0.15) is 0 Å². The van der Waals surface area contributed by atoms with Gasteiger partial charge in [-0.05, 0) is 31.6 Å². The van der Waals surface area contributed by atoms with Crippen LogP contribution in [0.2, 0.25) is 0 Å². The Balaban J connectivity index is 0.00000180. The average Bonchev–Trinajstić information content (AvgIpc) is 2.57. The van der Waals surface area contributed by atoms with Crippen molar-refractivity contribution in [2.45, 2.75) is 52.0 Å². The van der Waals surface area contributed by atoms with Crippen molar-refractivity contribution in [1.82, 2.24) is 4.98 Å². The third-order valence-corrected chi connectivity index (χ3v) is 4.42. The van der Waals surface area contributed by atoms with Gasteiger partial charge in [-0.15, -0.1) is 23.7 Å². The van der Waals surface area contributed by atoms with Gasteiger partial charge in [-0.25, -0.2) is 4.98 Å². The molecule has 0 bridgehead atoms. The minimum Gasteiger partial charge on any atom is -0.320 e. The maximum absolute atomic E-state index is 11.9. The van der Waals surface area contributed by atoms with Crippen LogP contribution in [0, 0.1) is 5.92 Å². The van der Waals surface area contributed by atoms with Crippen molar-refractivity contribution >= 4 is 34.8 Å². The average molecular weight is 304 g/mol. The van der Waals surface area contributed by atoms with E-state index in [1.807, 2.05) is 13.8 Å². The molecule has 1 aliphatic carbocycles. The minimum absolute atomic E-state index is 0. The third kappa shape index (κ3) is 4.16. The molecule has 1 amide bonds. The summed E-state index contributed by atoms with van der Waals surface area (Å²) in [5, 5.41) is 3.56. The Labute approximate surface area is 124 Å². The minimum atomic E-state index is -0.464. The molecule has 3 N–H and O–H groups in total. The smallest absolute Gasteiger partial charge is 0.243 e. The van der Waals surface area contributed by atoms with E-state index in [4.69, 9.17) is 5.73 Å². The first-order chi connectivity index (χ1) is 8.58. The number of anilines is 1. The van der Waals surface area contributed by atoms with Crippen molar-refractivity contribution in [2.24, 2.45) is 11.7 Å². The van der Waals surface area contributed by atoms with Crippen molar-refractivity contribution in [3.05, 3.63) is 10.6 Å². The van der Waals surface area contributed by atoms with E-state index in [1.165, 1.54) is 29.8 Å². The second kappa shape index (κ2) is 7.22. The number of aryl methyl sites for hydroxylation is 2. The number of aromatic nitrogens is 1. The summed E-state index contributed by atoms with van der Waals surface area (Å²) in [6.07, 6.45) is 5.85. The summed E-state index contributed by atoms with van der Waals surface area (Å²) in [5.41, 5.74) is 6.99. The highest BCUT2D eigenvalue weighted by molar-refractivity contribution is 7.15. The maximum atomic E-state index is 11.9. The summed E-state index contributed by atoms with van der Waals surface area (Å²) in [6, 6.07) is -0.464. The van der Waals surface area contributed by atoms with Gasteiger partial charge in [-0.1, -0.05) is 20.3 Å². The van der Waals surface area contributed by atoms with Gasteiger partial charge in [0, 0.05) is 4.88 Å². The first-order valence-electron chi connectivity index (χ1n) is 6.63. The largest absolute Gasteiger partial charge is 0.320 e. The van der Waals surface area contributed by atoms with E-state index < -0.39 is 6.04 Å². The molecule has 4 nitrogen and oxygen atoms in total. The van der Waals surface area contributed by atoms with Gasteiger partial charge in [-0.3, -0.25) is 4.79 Å². The van der Waals surface area contributed by atoms with Crippen molar-refractivity contribution < 1.29 is 4.79 Å². The normalized spacial score (nSPS) is 16.2. The number of hydrogen-bond acceptors (Lipinski definition) is 4. The van der Waals surface area contributed by atoms with Gasteiger partial charge >= 0.3 is 0 Å². The molecule has 1 aromatic rings. The molecule has 1 heterocycles. The van der Waals surface area contributed by atoms with Crippen molar-refractivity contribution in [1.29, 1.82) is 0 Å². The highest BCUT2D eigenvalue weighted by Crippen LogP contribution is 2.28. The number of halogens is 1. The summed E-state index contributed by atoms with van der Waals surface area (Å²) in [6.45, 7) is 3.89. The predicted octanol–water partition coefficient (Wildman–Crippen LogP) is 2.76. The molecule has 0 radical (unpaired) electrons. The monoisotopic (exact) mass is 303 g/mol. The molecule has 0 spiro atoms. The zero-order valence-electron chi connectivity index (χ0n) is 11.4. The molecule has 1 atom stereocenters. The molecule has 0 aliphatic heterocycles. The SMILES string of the molecule is CC(C)[C@H](N)C(=O)Nc1nc2c(s1)CCCCC2.Cl. The molecule has 0 fully saturated rings.